The van der Waals surface area contributed by atoms with E-state index in [1.165, 1.54) is 17.7 Å². The van der Waals surface area contributed by atoms with Gasteiger partial charge in [-0.2, -0.15) is 0 Å². The molecule has 0 aromatic carbocycles. The molecule has 1 aromatic rings. The molecule has 1 atom stereocenters. The van der Waals surface area contributed by atoms with E-state index >= 15 is 0 Å². The number of nitrogens with zero attached hydrogens (tertiary/aromatic N) is 1. The molecule has 0 radical (unpaired) electrons. The molecule has 0 amide bonds. The van der Waals surface area contributed by atoms with Gasteiger partial charge in [0.15, 0.2) is 0 Å². The zero-order valence-corrected chi connectivity index (χ0v) is 11.0. The molecular formula is C13H19NO4. The molecule has 0 fully saturated rings. The van der Waals surface area contributed by atoms with E-state index in [0.717, 1.165) is 12.8 Å². The third-order valence-electron chi connectivity index (χ3n) is 2.65. The predicted octanol–water partition coefficient (Wildman–Crippen LogP) is 1.76. The van der Waals surface area contributed by atoms with Crippen molar-refractivity contribution in [3.05, 3.63) is 28.7 Å². The van der Waals surface area contributed by atoms with Crippen molar-refractivity contribution in [3.63, 3.8) is 0 Å². The summed E-state index contributed by atoms with van der Waals surface area (Å²) >= 11 is 0. The number of methoxy groups -OCH3 is 1. The third-order valence-corrected chi connectivity index (χ3v) is 2.65. The third kappa shape index (κ3) is 3.61. The lowest BCUT2D eigenvalue weighted by molar-refractivity contribution is -0.144. The number of rotatable bonds is 6. The zero-order chi connectivity index (χ0) is 13.5. The van der Waals surface area contributed by atoms with E-state index in [4.69, 9.17) is 4.74 Å². The molecule has 5 heteroatoms. The van der Waals surface area contributed by atoms with E-state index in [1.807, 2.05) is 0 Å². The Labute approximate surface area is 106 Å². The van der Waals surface area contributed by atoms with E-state index in [0.29, 0.717) is 12.4 Å². The van der Waals surface area contributed by atoms with Crippen LogP contribution in [0.4, 0.5) is 0 Å². The Kier molecular flexibility index (Phi) is 5.42. The Bertz CT molecular complexity index is 453. The maximum absolute atomic E-state index is 11.8. The predicted molar refractivity (Wildman–Crippen MR) is 67.8 cm³/mol. The van der Waals surface area contributed by atoms with Crippen LogP contribution in [0.5, 0.6) is 5.75 Å². The summed E-state index contributed by atoms with van der Waals surface area (Å²) in [7, 11) is 1.30. The van der Waals surface area contributed by atoms with E-state index in [9.17, 15) is 9.59 Å². The van der Waals surface area contributed by atoms with Crippen LogP contribution in [-0.2, 0) is 9.53 Å². The lowest BCUT2D eigenvalue weighted by atomic mass is 10.3. The van der Waals surface area contributed by atoms with Crippen molar-refractivity contribution >= 4 is 5.97 Å². The van der Waals surface area contributed by atoms with Gasteiger partial charge in [0, 0.05) is 12.3 Å². The van der Waals surface area contributed by atoms with Crippen molar-refractivity contribution < 1.29 is 14.3 Å². The number of esters is 1. The van der Waals surface area contributed by atoms with Gasteiger partial charge in [0.05, 0.1) is 13.7 Å². The SMILES string of the molecule is CCCCOc1ccn(C(C)C(=O)OC)c(=O)c1. The highest BCUT2D eigenvalue weighted by Crippen LogP contribution is 2.10. The first-order chi connectivity index (χ1) is 8.60. The minimum atomic E-state index is -0.632. The number of hydrogen-bond donors (Lipinski definition) is 0. The second-order valence-corrected chi connectivity index (χ2v) is 4.01. The number of carbonyl (C=O) groups excluding carboxylic acids is 1. The van der Waals surface area contributed by atoms with Crippen LogP contribution < -0.4 is 10.3 Å². The molecule has 1 aromatic heterocycles. The molecule has 0 spiro atoms. The second-order valence-electron chi connectivity index (χ2n) is 4.01. The first-order valence-corrected chi connectivity index (χ1v) is 6.03. The Morgan fingerprint density at radius 2 is 2.22 bits per heavy atom. The van der Waals surface area contributed by atoms with Gasteiger partial charge >= 0.3 is 5.97 Å². The standard InChI is InChI=1S/C13H19NO4/c1-4-5-8-18-11-6-7-14(12(15)9-11)10(2)13(16)17-3/h6-7,9-10H,4-5,8H2,1-3H3. The fourth-order valence-electron chi connectivity index (χ4n) is 1.50. The number of hydrogen-bond acceptors (Lipinski definition) is 4. The molecule has 0 saturated carbocycles. The molecule has 1 rings (SSSR count). The lowest BCUT2D eigenvalue weighted by Gasteiger charge is -2.13. The summed E-state index contributed by atoms with van der Waals surface area (Å²) in [5, 5.41) is 0. The van der Waals surface area contributed by atoms with Gasteiger partial charge in [0.2, 0.25) is 0 Å². The fraction of sp³-hybridized carbons (Fsp3) is 0.538. The number of carbonyl (C=O) groups is 1. The monoisotopic (exact) mass is 253 g/mol. The first kappa shape index (κ1) is 14.3. The Hall–Kier alpha value is -1.78. The molecule has 0 N–H and O–H groups in total. The van der Waals surface area contributed by atoms with Gasteiger partial charge in [-0.3, -0.25) is 4.79 Å². The summed E-state index contributed by atoms with van der Waals surface area (Å²) in [5.41, 5.74) is -0.276. The highest BCUT2D eigenvalue weighted by atomic mass is 16.5. The van der Waals surface area contributed by atoms with Crippen LogP contribution in [0, 0.1) is 0 Å². The second kappa shape index (κ2) is 6.83. The largest absolute Gasteiger partial charge is 0.493 e. The van der Waals surface area contributed by atoms with E-state index < -0.39 is 12.0 Å². The molecule has 0 aliphatic heterocycles. The highest BCUT2D eigenvalue weighted by Gasteiger charge is 2.16. The molecule has 0 bridgehead atoms. The first-order valence-electron chi connectivity index (χ1n) is 6.03. The smallest absolute Gasteiger partial charge is 0.328 e. The van der Waals surface area contributed by atoms with Crippen molar-refractivity contribution in [2.24, 2.45) is 0 Å². The molecule has 18 heavy (non-hydrogen) atoms. The number of ether oxygens (including phenoxy) is 2. The van der Waals surface area contributed by atoms with Crippen LogP contribution in [0.25, 0.3) is 0 Å². The van der Waals surface area contributed by atoms with Gasteiger partial charge in [-0.15, -0.1) is 0 Å². The van der Waals surface area contributed by atoms with Crippen LogP contribution in [-0.4, -0.2) is 24.3 Å². The van der Waals surface area contributed by atoms with Gasteiger partial charge in [-0.1, -0.05) is 13.3 Å². The Balaban J connectivity index is 2.79. The van der Waals surface area contributed by atoms with Crippen molar-refractivity contribution in [1.29, 1.82) is 0 Å². The van der Waals surface area contributed by atoms with E-state index in [-0.39, 0.29) is 5.56 Å². The van der Waals surface area contributed by atoms with Crippen molar-refractivity contribution in [2.75, 3.05) is 13.7 Å². The number of pyridine rings is 1. The summed E-state index contributed by atoms with van der Waals surface area (Å²) < 4.78 is 11.3. The van der Waals surface area contributed by atoms with E-state index in [1.54, 1.807) is 19.2 Å². The van der Waals surface area contributed by atoms with Gasteiger partial charge in [0.25, 0.3) is 5.56 Å². The average Bonchev–Trinajstić information content (AvgIpc) is 2.37. The quantitative estimate of drug-likeness (QED) is 0.572. The summed E-state index contributed by atoms with van der Waals surface area (Å²) in [5.74, 6) is 0.0820. The summed E-state index contributed by atoms with van der Waals surface area (Å²) in [6.07, 6.45) is 3.53. The normalized spacial score (nSPS) is 11.9. The molecule has 5 nitrogen and oxygen atoms in total. The molecule has 1 heterocycles. The van der Waals surface area contributed by atoms with Crippen molar-refractivity contribution in [3.8, 4) is 5.75 Å². The van der Waals surface area contributed by atoms with Gasteiger partial charge in [0.1, 0.15) is 11.8 Å². The summed E-state index contributed by atoms with van der Waals surface area (Å²) in [4.78, 5) is 23.2. The number of aromatic nitrogens is 1. The maximum atomic E-state index is 11.8. The minimum absolute atomic E-state index is 0.276. The molecular weight excluding hydrogens is 234 g/mol. The minimum Gasteiger partial charge on any atom is -0.493 e. The molecule has 1 unspecified atom stereocenters. The van der Waals surface area contributed by atoms with Crippen molar-refractivity contribution in [2.45, 2.75) is 32.7 Å². The number of unbranched alkanes of at least 4 members (excludes halogenated alkanes) is 1. The molecule has 0 aliphatic carbocycles. The maximum Gasteiger partial charge on any atom is 0.328 e. The Morgan fingerprint density at radius 3 is 2.78 bits per heavy atom. The van der Waals surface area contributed by atoms with Gasteiger partial charge in [-0.05, 0) is 19.4 Å². The fourth-order valence-corrected chi connectivity index (χ4v) is 1.50. The topological polar surface area (TPSA) is 57.5 Å². The van der Waals surface area contributed by atoms with Crippen LogP contribution in [0.3, 0.4) is 0 Å². The van der Waals surface area contributed by atoms with Gasteiger partial charge < -0.3 is 14.0 Å². The van der Waals surface area contributed by atoms with Crippen LogP contribution >= 0.6 is 0 Å². The van der Waals surface area contributed by atoms with Crippen LogP contribution in [0.1, 0.15) is 32.7 Å². The molecule has 0 aliphatic rings. The average molecular weight is 253 g/mol. The highest BCUT2D eigenvalue weighted by molar-refractivity contribution is 5.73. The van der Waals surface area contributed by atoms with Gasteiger partial charge in [-0.25, -0.2) is 4.79 Å². The molecule has 0 saturated heterocycles. The van der Waals surface area contributed by atoms with Crippen molar-refractivity contribution in [1.82, 2.24) is 4.57 Å². The van der Waals surface area contributed by atoms with Crippen LogP contribution in [0.2, 0.25) is 0 Å². The molecule has 100 valence electrons. The summed E-state index contributed by atoms with van der Waals surface area (Å²) in [6, 6.07) is 2.43. The van der Waals surface area contributed by atoms with Crippen LogP contribution in [0.15, 0.2) is 23.1 Å². The van der Waals surface area contributed by atoms with E-state index in [2.05, 4.69) is 11.7 Å². The Morgan fingerprint density at radius 1 is 1.50 bits per heavy atom. The lowest BCUT2D eigenvalue weighted by Crippen LogP contribution is -2.27. The zero-order valence-electron chi connectivity index (χ0n) is 11.0. The summed E-state index contributed by atoms with van der Waals surface area (Å²) in [6.45, 7) is 4.27.